The summed E-state index contributed by atoms with van der Waals surface area (Å²) in [4.78, 5) is 13.4. The third kappa shape index (κ3) is 2.41. The molecule has 0 unspecified atom stereocenters. The Hall–Kier alpha value is -2.60. The Morgan fingerprint density at radius 1 is 1.26 bits per heavy atom. The number of carbonyl (C=O) groups is 1. The summed E-state index contributed by atoms with van der Waals surface area (Å²) in [5.41, 5.74) is 3.59. The molecule has 1 aliphatic rings. The first-order valence-electron chi connectivity index (χ1n) is 7.67. The van der Waals surface area contributed by atoms with Gasteiger partial charge in [-0.05, 0) is 23.6 Å². The van der Waals surface area contributed by atoms with Crippen molar-refractivity contribution in [2.24, 2.45) is 7.05 Å². The Labute approximate surface area is 133 Å². The molecule has 0 saturated heterocycles. The van der Waals surface area contributed by atoms with Gasteiger partial charge in [0, 0.05) is 37.9 Å². The van der Waals surface area contributed by atoms with Crippen molar-refractivity contribution in [2.75, 3.05) is 6.54 Å². The summed E-state index contributed by atoms with van der Waals surface area (Å²) in [5, 5.41) is 14.4. The van der Waals surface area contributed by atoms with Gasteiger partial charge in [0.2, 0.25) is 0 Å². The summed E-state index contributed by atoms with van der Waals surface area (Å²) in [7, 11) is 2.09. The largest absolute Gasteiger partial charge is 0.476 e. The van der Waals surface area contributed by atoms with E-state index in [1.54, 1.807) is 10.7 Å². The van der Waals surface area contributed by atoms with Gasteiger partial charge in [-0.1, -0.05) is 18.2 Å². The minimum Gasteiger partial charge on any atom is -0.476 e. The van der Waals surface area contributed by atoms with Gasteiger partial charge < -0.3 is 9.67 Å². The topological polar surface area (TPSA) is 63.3 Å². The standard InChI is InChI=1S/C17H18N4O2/c1-19-13(8-12-4-2-3-5-16(12)19)10-20-6-7-21-14(11-20)9-15(18-21)17(22)23/h2-5,8-9H,6-7,10-11H2,1H3,(H,22,23). The Bertz CT molecular complexity index is 893. The number of hydrogen-bond donors (Lipinski definition) is 1. The van der Waals surface area contributed by atoms with E-state index in [4.69, 9.17) is 5.11 Å². The van der Waals surface area contributed by atoms with Gasteiger partial charge >= 0.3 is 5.97 Å². The Kier molecular flexibility index (Phi) is 3.20. The SMILES string of the molecule is Cn1c(CN2CCn3nc(C(=O)O)cc3C2)cc2ccccc21. The molecule has 0 bridgehead atoms. The number of hydrogen-bond acceptors (Lipinski definition) is 3. The van der Waals surface area contributed by atoms with Crippen LogP contribution in [0.5, 0.6) is 0 Å². The van der Waals surface area contributed by atoms with Crippen LogP contribution in [0.3, 0.4) is 0 Å². The zero-order valence-corrected chi connectivity index (χ0v) is 12.9. The predicted molar refractivity (Wildman–Crippen MR) is 86.2 cm³/mol. The second-order valence-corrected chi connectivity index (χ2v) is 6.01. The molecule has 1 aromatic carbocycles. The van der Waals surface area contributed by atoms with E-state index in [0.29, 0.717) is 0 Å². The number of benzene rings is 1. The molecule has 3 heterocycles. The number of carboxylic acids is 1. The molecule has 0 amide bonds. The van der Waals surface area contributed by atoms with E-state index in [-0.39, 0.29) is 5.69 Å². The molecule has 0 saturated carbocycles. The number of fused-ring (bicyclic) bond motifs is 2. The van der Waals surface area contributed by atoms with Crippen LogP contribution in [0.1, 0.15) is 21.9 Å². The number of nitrogens with zero attached hydrogens (tertiary/aromatic N) is 4. The lowest BCUT2D eigenvalue weighted by molar-refractivity contribution is 0.0689. The Balaban J connectivity index is 1.57. The Morgan fingerprint density at radius 2 is 2.09 bits per heavy atom. The molecule has 4 rings (SSSR count). The average Bonchev–Trinajstić information content (AvgIpc) is 3.10. The van der Waals surface area contributed by atoms with Crippen molar-refractivity contribution in [3.05, 3.63) is 53.5 Å². The molecule has 6 nitrogen and oxygen atoms in total. The molecule has 0 atom stereocenters. The van der Waals surface area contributed by atoms with Gasteiger partial charge in [0.25, 0.3) is 0 Å². The smallest absolute Gasteiger partial charge is 0.356 e. The first-order chi connectivity index (χ1) is 11.1. The fourth-order valence-electron chi connectivity index (χ4n) is 3.29. The van der Waals surface area contributed by atoms with Gasteiger partial charge in [-0.3, -0.25) is 9.58 Å². The van der Waals surface area contributed by atoms with Crippen molar-refractivity contribution < 1.29 is 9.90 Å². The predicted octanol–water partition coefficient (Wildman–Crippen LogP) is 2.09. The molecule has 0 spiro atoms. The molecular formula is C17H18N4O2. The minimum atomic E-state index is -0.966. The molecule has 1 N–H and O–H groups in total. The molecule has 118 valence electrons. The van der Waals surface area contributed by atoms with E-state index >= 15 is 0 Å². The van der Waals surface area contributed by atoms with Crippen LogP contribution in [0.15, 0.2) is 36.4 Å². The van der Waals surface area contributed by atoms with Crippen molar-refractivity contribution in [1.82, 2.24) is 19.2 Å². The molecule has 0 fully saturated rings. The van der Waals surface area contributed by atoms with Gasteiger partial charge in [-0.15, -0.1) is 0 Å². The number of rotatable bonds is 3. The molecule has 0 aliphatic carbocycles. The molecule has 23 heavy (non-hydrogen) atoms. The van der Waals surface area contributed by atoms with Gasteiger partial charge in [-0.25, -0.2) is 4.79 Å². The summed E-state index contributed by atoms with van der Waals surface area (Å²) >= 11 is 0. The lowest BCUT2D eigenvalue weighted by atomic mass is 10.2. The molecule has 1 aliphatic heterocycles. The first kappa shape index (κ1) is 14.0. The monoisotopic (exact) mass is 310 g/mol. The van der Waals surface area contributed by atoms with Crippen molar-refractivity contribution in [3.63, 3.8) is 0 Å². The highest BCUT2D eigenvalue weighted by molar-refractivity contribution is 5.85. The van der Waals surface area contributed by atoms with Gasteiger partial charge in [-0.2, -0.15) is 5.10 Å². The van der Waals surface area contributed by atoms with E-state index in [1.807, 2.05) is 0 Å². The fourth-order valence-corrected chi connectivity index (χ4v) is 3.29. The number of aromatic carboxylic acids is 1. The average molecular weight is 310 g/mol. The van der Waals surface area contributed by atoms with Crippen LogP contribution in [0.4, 0.5) is 0 Å². The van der Waals surface area contributed by atoms with Gasteiger partial charge in [0.05, 0.1) is 12.2 Å². The number of aromatic nitrogens is 3. The van der Waals surface area contributed by atoms with Crippen LogP contribution < -0.4 is 0 Å². The summed E-state index contributed by atoms with van der Waals surface area (Å²) < 4.78 is 4.03. The molecule has 0 radical (unpaired) electrons. The number of aryl methyl sites for hydroxylation is 1. The van der Waals surface area contributed by atoms with Crippen LogP contribution in [-0.4, -0.2) is 36.9 Å². The summed E-state index contributed by atoms with van der Waals surface area (Å²) in [5.74, 6) is -0.966. The molecule has 6 heteroatoms. The van der Waals surface area contributed by atoms with E-state index in [9.17, 15) is 4.79 Å². The molecular weight excluding hydrogens is 292 g/mol. The maximum atomic E-state index is 11.0. The molecule has 3 aromatic rings. The highest BCUT2D eigenvalue weighted by Crippen LogP contribution is 2.21. The highest BCUT2D eigenvalue weighted by Gasteiger charge is 2.21. The maximum absolute atomic E-state index is 11.0. The van der Waals surface area contributed by atoms with Crippen molar-refractivity contribution in [1.29, 1.82) is 0 Å². The number of carboxylic acid groups (broad SMARTS) is 1. The second-order valence-electron chi connectivity index (χ2n) is 6.01. The van der Waals surface area contributed by atoms with E-state index < -0.39 is 5.97 Å². The van der Waals surface area contributed by atoms with E-state index in [0.717, 1.165) is 31.9 Å². The minimum absolute atomic E-state index is 0.131. The van der Waals surface area contributed by atoms with E-state index in [1.165, 1.54) is 16.6 Å². The third-order valence-electron chi connectivity index (χ3n) is 4.53. The summed E-state index contributed by atoms with van der Waals surface area (Å²) in [6.45, 7) is 3.17. The third-order valence-corrected chi connectivity index (χ3v) is 4.53. The van der Waals surface area contributed by atoms with Gasteiger partial charge in [0.1, 0.15) is 0 Å². The summed E-state index contributed by atoms with van der Waals surface area (Å²) in [6.07, 6.45) is 0. The van der Waals surface area contributed by atoms with Crippen LogP contribution in [0.25, 0.3) is 10.9 Å². The zero-order chi connectivity index (χ0) is 16.0. The molecule has 2 aromatic heterocycles. The zero-order valence-electron chi connectivity index (χ0n) is 12.9. The van der Waals surface area contributed by atoms with Gasteiger partial charge in [0.15, 0.2) is 5.69 Å². The van der Waals surface area contributed by atoms with Crippen LogP contribution in [-0.2, 0) is 26.7 Å². The van der Waals surface area contributed by atoms with Crippen LogP contribution in [0.2, 0.25) is 0 Å². The first-order valence-corrected chi connectivity index (χ1v) is 7.67. The quantitative estimate of drug-likeness (QED) is 0.804. The lowest BCUT2D eigenvalue weighted by Crippen LogP contribution is -2.33. The van der Waals surface area contributed by atoms with Crippen LogP contribution in [0, 0.1) is 0 Å². The number of para-hydroxylation sites is 1. The maximum Gasteiger partial charge on any atom is 0.356 e. The van der Waals surface area contributed by atoms with Crippen molar-refractivity contribution in [3.8, 4) is 0 Å². The highest BCUT2D eigenvalue weighted by atomic mass is 16.4. The Morgan fingerprint density at radius 3 is 2.87 bits per heavy atom. The normalized spacial score (nSPS) is 15.0. The van der Waals surface area contributed by atoms with Crippen molar-refractivity contribution >= 4 is 16.9 Å². The van der Waals surface area contributed by atoms with E-state index in [2.05, 4.69) is 51.9 Å². The lowest BCUT2D eigenvalue weighted by Gasteiger charge is -2.27. The van der Waals surface area contributed by atoms with Crippen LogP contribution >= 0.6 is 0 Å². The fraction of sp³-hybridized carbons (Fsp3) is 0.294. The summed E-state index contributed by atoms with van der Waals surface area (Å²) in [6, 6.07) is 12.3. The van der Waals surface area contributed by atoms with Crippen molar-refractivity contribution in [2.45, 2.75) is 19.6 Å². The second kappa shape index (κ2) is 5.24.